The lowest BCUT2D eigenvalue weighted by Gasteiger charge is -2.25. The van der Waals surface area contributed by atoms with Crippen LogP contribution in [0, 0.1) is 0 Å². The second-order valence-electron chi connectivity index (χ2n) is 9.43. The van der Waals surface area contributed by atoms with Gasteiger partial charge in [-0.15, -0.1) is 0 Å². The van der Waals surface area contributed by atoms with E-state index < -0.39 is 0 Å². The number of nitrogens with one attached hydrogen (secondary N) is 1. The zero-order valence-electron chi connectivity index (χ0n) is 22.1. The standard InChI is InChI=1S/C32H29N7O/c1-40-28-17-15-26(16-18-28)35-32-36-30(29-31(37-32)39(22-34-29)27-14-8-13-25(33)19-27)38(20-23-9-4-2-5-10-23)21-24-11-6-3-7-12-24/h2-19,22H,20-21,33H2,1H3,(H,35,36,37). The molecule has 6 aromatic rings. The lowest BCUT2D eigenvalue weighted by atomic mass is 10.1. The summed E-state index contributed by atoms with van der Waals surface area (Å²) in [5.74, 6) is 1.97. The highest BCUT2D eigenvalue weighted by Crippen LogP contribution is 2.30. The fourth-order valence-electron chi connectivity index (χ4n) is 4.64. The maximum atomic E-state index is 6.12. The van der Waals surface area contributed by atoms with Crippen molar-refractivity contribution in [3.63, 3.8) is 0 Å². The molecule has 0 spiro atoms. The van der Waals surface area contributed by atoms with Crippen LogP contribution in [-0.4, -0.2) is 26.6 Å². The van der Waals surface area contributed by atoms with Crippen LogP contribution in [0.5, 0.6) is 5.75 Å². The van der Waals surface area contributed by atoms with Gasteiger partial charge in [0.2, 0.25) is 5.95 Å². The van der Waals surface area contributed by atoms with E-state index in [9.17, 15) is 0 Å². The van der Waals surface area contributed by atoms with Crippen molar-refractivity contribution >= 4 is 34.3 Å². The number of anilines is 4. The number of rotatable bonds is 9. The summed E-state index contributed by atoms with van der Waals surface area (Å²) in [6, 6.07) is 36.1. The van der Waals surface area contributed by atoms with Gasteiger partial charge in [-0.3, -0.25) is 4.57 Å². The molecule has 0 radical (unpaired) electrons. The second kappa shape index (κ2) is 11.2. The molecule has 0 aliphatic heterocycles. The molecule has 3 N–H and O–H groups in total. The van der Waals surface area contributed by atoms with Gasteiger partial charge in [-0.2, -0.15) is 9.97 Å². The number of aromatic nitrogens is 4. The van der Waals surface area contributed by atoms with Crippen molar-refractivity contribution in [3.8, 4) is 11.4 Å². The van der Waals surface area contributed by atoms with Gasteiger partial charge in [-0.25, -0.2) is 4.98 Å². The predicted molar refractivity (Wildman–Crippen MR) is 160 cm³/mol. The Labute approximate surface area is 232 Å². The third-order valence-electron chi connectivity index (χ3n) is 6.60. The third kappa shape index (κ3) is 5.42. The fraction of sp³-hybridized carbons (Fsp3) is 0.0938. The van der Waals surface area contributed by atoms with Gasteiger partial charge in [-0.1, -0.05) is 66.7 Å². The Balaban J connectivity index is 1.50. The van der Waals surface area contributed by atoms with E-state index in [2.05, 4.69) is 58.7 Å². The van der Waals surface area contributed by atoms with Gasteiger partial charge >= 0.3 is 0 Å². The molecular weight excluding hydrogens is 498 g/mol. The van der Waals surface area contributed by atoms with E-state index in [1.807, 2.05) is 65.2 Å². The first-order valence-electron chi connectivity index (χ1n) is 13.0. The number of nitrogens with two attached hydrogens (primary N) is 1. The molecule has 0 fully saturated rings. The molecule has 8 heteroatoms. The Kier molecular flexibility index (Phi) is 6.96. The first-order chi connectivity index (χ1) is 19.7. The van der Waals surface area contributed by atoms with Crippen molar-refractivity contribution < 1.29 is 4.74 Å². The van der Waals surface area contributed by atoms with E-state index >= 15 is 0 Å². The van der Waals surface area contributed by atoms with Crippen LogP contribution in [0.15, 0.2) is 116 Å². The Bertz CT molecular complexity index is 1680. The first kappa shape index (κ1) is 24.9. The van der Waals surface area contributed by atoms with Crippen molar-refractivity contribution in [1.82, 2.24) is 19.5 Å². The first-order valence-corrected chi connectivity index (χ1v) is 13.0. The smallest absolute Gasteiger partial charge is 0.231 e. The lowest BCUT2D eigenvalue weighted by Crippen LogP contribution is -2.24. The Morgan fingerprint density at radius 2 is 1.48 bits per heavy atom. The van der Waals surface area contributed by atoms with Gasteiger partial charge in [0.15, 0.2) is 17.0 Å². The molecule has 0 bridgehead atoms. The number of nitrogens with zero attached hydrogens (tertiary/aromatic N) is 5. The van der Waals surface area contributed by atoms with Crippen molar-refractivity contribution in [2.45, 2.75) is 13.1 Å². The topological polar surface area (TPSA) is 94.1 Å². The maximum absolute atomic E-state index is 6.12. The van der Waals surface area contributed by atoms with Gasteiger partial charge in [0.1, 0.15) is 12.1 Å². The molecule has 0 unspecified atom stereocenters. The predicted octanol–water partition coefficient (Wildman–Crippen LogP) is 6.36. The van der Waals surface area contributed by atoms with Crippen LogP contribution in [0.4, 0.5) is 23.1 Å². The van der Waals surface area contributed by atoms with E-state index in [0.29, 0.717) is 35.9 Å². The van der Waals surface area contributed by atoms with Crippen LogP contribution in [0.2, 0.25) is 0 Å². The van der Waals surface area contributed by atoms with Crippen molar-refractivity contribution in [2.24, 2.45) is 0 Å². The van der Waals surface area contributed by atoms with Crippen LogP contribution in [0.25, 0.3) is 16.9 Å². The monoisotopic (exact) mass is 527 g/mol. The molecule has 0 saturated carbocycles. The number of hydrogen-bond donors (Lipinski definition) is 2. The van der Waals surface area contributed by atoms with Crippen LogP contribution in [0.1, 0.15) is 11.1 Å². The minimum absolute atomic E-state index is 0.462. The average Bonchev–Trinajstić information content (AvgIpc) is 3.42. The van der Waals surface area contributed by atoms with Gasteiger partial charge in [-0.05, 0) is 53.6 Å². The molecule has 0 saturated heterocycles. The fourth-order valence-corrected chi connectivity index (χ4v) is 4.64. The number of ether oxygens (including phenoxy) is 1. The third-order valence-corrected chi connectivity index (χ3v) is 6.60. The second-order valence-corrected chi connectivity index (χ2v) is 9.43. The van der Waals surface area contributed by atoms with E-state index in [-0.39, 0.29) is 0 Å². The van der Waals surface area contributed by atoms with Crippen LogP contribution in [-0.2, 0) is 13.1 Å². The highest BCUT2D eigenvalue weighted by atomic mass is 16.5. The Morgan fingerprint density at radius 3 is 2.10 bits per heavy atom. The largest absolute Gasteiger partial charge is 0.497 e. The number of nitrogen functional groups attached to an aromatic ring is 1. The number of fused-ring (bicyclic) bond motifs is 1. The van der Waals surface area contributed by atoms with Crippen LogP contribution >= 0.6 is 0 Å². The number of imidazole rings is 1. The van der Waals surface area contributed by atoms with Crippen molar-refractivity contribution in [3.05, 3.63) is 127 Å². The quantitative estimate of drug-likeness (QED) is 0.211. The molecule has 0 aliphatic carbocycles. The minimum atomic E-state index is 0.462. The lowest BCUT2D eigenvalue weighted by molar-refractivity contribution is 0.415. The SMILES string of the molecule is COc1ccc(Nc2nc(N(Cc3ccccc3)Cc3ccccc3)c3ncn(-c4cccc(N)c4)c3n2)cc1. The summed E-state index contributed by atoms with van der Waals surface area (Å²) in [4.78, 5) is 17.0. The highest BCUT2D eigenvalue weighted by molar-refractivity contribution is 5.86. The molecule has 8 nitrogen and oxygen atoms in total. The maximum Gasteiger partial charge on any atom is 0.231 e. The summed E-state index contributed by atoms with van der Waals surface area (Å²) < 4.78 is 7.26. The van der Waals surface area contributed by atoms with E-state index in [1.54, 1.807) is 13.4 Å². The summed E-state index contributed by atoms with van der Waals surface area (Å²) in [6.07, 6.45) is 1.78. The minimum Gasteiger partial charge on any atom is -0.497 e. The Hall–Kier alpha value is -5.37. The van der Waals surface area contributed by atoms with Crippen LogP contribution < -0.4 is 20.7 Å². The molecular formula is C32H29N7O. The zero-order chi connectivity index (χ0) is 27.3. The van der Waals surface area contributed by atoms with E-state index in [0.717, 1.165) is 22.9 Å². The molecule has 2 heterocycles. The molecule has 6 rings (SSSR count). The van der Waals surface area contributed by atoms with Gasteiger partial charge < -0.3 is 20.7 Å². The summed E-state index contributed by atoms with van der Waals surface area (Å²) >= 11 is 0. The molecule has 4 aromatic carbocycles. The van der Waals surface area contributed by atoms with Crippen molar-refractivity contribution in [2.75, 3.05) is 23.1 Å². The normalized spacial score (nSPS) is 10.9. The summed E-state index contributed by atoms with van der Waals surface area (Å²) in [7, 11) is 1.65. The van der Waals surface area contributed by atoms with Crippen molar-refractivity contribution in [1.29, 1.82) is 0 Å². The zero-order valence-corrected chi connectivity index (χ0v) is 22.1. The number of methoxy groups -OCH3 is 1. The van der Waals surface area contributed by atoms with Crippen LogP contribution in [0.3, 0.4) is 0 Å². The summed E-state index contributed by atoms with van der Waals surface area (Å²) in [5, 5.41) is 3.38. The highest BCUT2D eigenvalue weighted by Gasteiger charge is 2.20. The Morgan fingerprint density at radius 1 is 0.800 bits per heavy atom. The van der Waals surface area contributed by atoms with Gasteiger partial charge in [0.25, 0.3) is 0 Å². The molecule has 0 aliphatic rings. The molecule has 0 atom stereocenters. The van der Waals surface area contributed by atoms with Gasteiger partial charge in [0.05, 0.1) is 12.8 Å². The molecule has 40 heavy (non-hydrogen) atoms. The molecule has 198 valence electrons. The van der Waals surface area contributed by atoms with Gasteiger partial charge in [0, 0.05) is 24.5 Å². The summed E-state index contributed by atoms with van der Waals surface area (Å²) in [6.45, 7) is 1.30. The van der Waals surface area contributed by atoms with E-state index in [4.69, 9.17) is 25.4 Å². The average molecular weight is 528 g/mol. The number of benzene rings is 4. The van der Waals surface area contributed by atoms with E-state index in [1.165, 1.54) is 11.1 Å². The molecule has 2 aromatic heterocycles. The number of hydrogen-bond acceptors (Lipinski definition) is 7. The summed E-state index contributed by atoms with van der Waals surface area (Å²) in [5.41, 5.74) is 12.2. The molecule has 0 amide bonds.